The van der Waals surface area contributed by atoms with Crippen molar-refractivity contribution in [3.05, 3.63) is 112 Å². The fourth-order valence-electron chi connectivity index (χ4n) is 4.48. The van der Waals surface area contributed by atoms with E-state index < -0.39 is 22.5 Å². The normalized spacial score (nSPS) is 15.0. The van der Waals surface area contributed by atoms with Crippen LogP contribution in [0.1, 0.15) is 31.2 Å². The van der Waals surface area contributed by atoms with E-state index in [1.54, 1.807) is 56.3 Å². The number of furan rings is 1. The van der Waals surface area contributed by atoms with Crippen molar-refractivity contribution in [1.29, 1.82) is 0 Å². The van der Waals surface area contributed by atoms with E-state index >= 15 is 0 Å². The number of carbonyl (C=O) groups is 1. The molecule has 204 valence electrons. The van der Waals surface area contributed by atoms with Crippen molar-refractivity contribution in [2.75, 3.05) is 13.7 Å². The standard InChI is InChI=1S/C28H22ClN3O7S/c1-4-38-27(34)24-15(2)30-28-31(25(24)18-7-5-6-8-20(18)29)26(33)23(40-28)14-17-10-12-22(39-17)19-11-9-16(37-3)13-21(19)32(35)36/h5-14,25H,4H2,1-3H3/b23-14-/t25-/m0/s1. The number of nitro groups is 1. The van der Waals surface area contributed by atoms with Gasteiger partial charge in [-0.3, -0.25) is 19.5 Å². The Hall–Kier alpha value is -4.48. The van der Waals surface area contributed by atoms with E-state index in [4.69, 9.17) is 25.5 Å². The summed E-state index contributed by atoms with van der Waals surface area (Å²) < 4.78 is 18.0. The second-order valence-electron chi connectivity index (χ2n) is 8.67. The van der Waals surface area contributed by atoms with Gasteiger partial charge in [0.1, 0.15) is 23.3 Å². The third-order valence-corrected chi connectivity index (χ3v) is 7.61. The highest BCUT2D eigenvalue weighted by molar-refractivity contribution is 7.07. The van der Waals surface area contributed by atoms with Crippen molar-refractivity contribution in [3.8, 4) is 17.1 Å². The Labute approximate surface area is 236 Å². The third-order valence-electron chi connectivity index (χ3n) is 6.28. The Kier molecular flexibility index (Phi) is 7.42. The van der Waals surface area contributed by atoms with Gasteiger partial charge in [0.15, 0.2) is 4.80 Å². The van der Waals surface area contributed by atoms with Crippen LogP contribution in [0.25, 0.3) is 17.4 Å². The summed E-state index contributed by atoms with van der Waals surface area (Å²) in [6.45, 7) is 3.54. The molecule has 2 aromatic heterocycles. The number of esters is 1. The Bertz CT molecular complexity index is 1870. The smallest absolute Gasteiger partial charge is 0.338 e. The van der Waals surface area contributed by atoms with Crippen molar-refractivity contribution >= 4 is 40.7 Å². The van der Waals surface area contributed by atoms with Gasteiger partial charge in [-0.2, -0.15) is 0 Å². The summed E-state index contributed by atoms with van der Waals surface area (Å²) in [4.78, 5) is 42.8. The number of hydrogen-bond acceptors (Lipinski definition) is 9. The van der Waals surface area contributed by atoms with E-state index in [0.717, 1.165) is 11.3 Å². The topological polar surface area (TPSA) is 126 Å². The van der Waals surface area contributed by atoms with Crippen LogP contribution in [0.4, 0.5) is 5.69 Å². The average molecular weight is 580 g/mol. The summed E-state index contributed by atoms with van der Waals surface area (Å²) in [5, 5.41) is 12.0. The molecule has 0 unspecified atom stereocenters. The van der Waals surface area contributed by atoms with Crippen LogP contribution in [0, 0.1) is 10.1 Å². The van der Waals surface area contributed by atoms with Gasteiger partial charge in [-0.05, 0) is 49.7 Å². The molecule has 12 heteroatoms. The minimum Gasteiger partial charge on any atom is -0.497 e. The van der Waals surface area contributed by atoms with Crippen LogP contribution in [0.3, 0.4) is 0 Å². The van der Waals surface area contributed by atoms with Crippen molar-refractivity contribution in [3.63, 3.8) is 0 Å². The zero-order chi connectivity index (χ0) is 28.6. The SMILES string of the molecule is CCOC(=O)C1=C(C)N=c2s/c(=C\c3ccc(-c4ccc(OC)cc4[N+](=O)[O-])o3)c(=O)n2[C@H]1c1ccccc1Cl. The first-order valence-electron chi connectivity index (χ1n) is 12.1. The summed E-state index contributed by atoms with van der Waals surface area (Å²) in [6, 6.07) is 13.8. The quantitative estimate of drug-likeness (QED) is 0.177. The maximum Gasteiger partial charge on any atom is 0.338 e. The largest absolute Gasteiger partial charge is 0.497 e. The summed E-state index contributed by atoms with van der Waals surface area (Å²) in [5.41, 5.74) is 0.878. The van der Waals surface area contributed by atoms with Crippen molar-refractivity contribution in [1.82, 2.24) is 4.57 Å². The van der Waals surface area contributed by atoms with Gasteiger partial charge in [-0.15, -0.1) is 0 Å². The molecule has 3 heterocycles. The summed E-state index contributed by atoms with van der Waals surface area (Å²) in [7, 11) is 1.42. The number of carbonyl (C=O) groups excluding carboxylic acids is 1. The van der Waals surface area contributed by atoms with Gasteiger partial charge in [-0.1, -0.05) is 41.1 Å². The molecule has 0 bridgehead atoms. The molecule has 1 aliphatic heterocycles. The predicted octanol–water partition coefficient (Wildman–Crippen LogP) is 4.63. The van der Waals surface area contributed by atoms with Crippen LogP contribution >= 0.6 is 22.9 Å². The maximum atomic E-state index is 13.8. The zero-order valence-electron chi connectivity index (χ0n) is 21.5. The molecule has 5 rings (SSSR count). The molecule has 1 aliphatic rings. The van der Waals surface area contributed by atoms with Crippen LogP contribution in [0.2, 0.25) is 5.02 Å². The number of nitrogens with zero attached hydrogens (tertiary/aromatic N) is 3. The maximum absolute atomic E-state index is 13.8. The van der Waals surface area contributed by atoms with Crippen molar-refractivity contribution < 1.29 is 23.6 Å². The average Bonchev–Trinajstić information content (AvgIpc) is 3.52. The number of allylic oxidation sites excluding steroid dienone is 1. The van der Waals surface area contributed by atoms with E-state index in [9.17, 15) is 19.7 Å². The molecular formula is C28H22ClN3O7S. The second-order valence-corrected chi connectivity index (χ2v) is 10.1. The monoisotopic (exact) mass is 579 g/mol. The molecule has 1 atom stereocenters. The molecular weight excluding hydrogens is 558 g/mol. The number of nitro benzene ring substituents is 1. The molecule has 0 radical (unpaired) electrons. The summed E-state index contributed by atoms with van der Waals surface area (Å²) in [6.07, 6.45) is 1.54. The number of halogens is 1. The number of rotatable bonds is 7. The lowest BCUT2D eigenvalue weighted by Crippen LogP contribution is -2.40. The first kappa shape index (κ1) is 27.1. The van der Waals surface area contributed by atoms with Crippen molar-refractivity contribution in [2.24, 2.45) is 4.99 Å². The Morgan fingerprint density at radius 2 is 2.02 bits per heavy atom. The number of thiazole rings is 1. The number of methoxy groups -OCH3 is 1. The summed E-state index contributed by atoms with van der Waals surface area (Å²) >= 11 is 7.65. The molecule has 4 aromatic rings. The zero-order valence-corrected chi connectivity index (χ0v) is 23.1. The van der Waals surface area contributed by atoms with Gasteiger partial charge < -0.3 is 13.9 Å². The van der Waals surface area contributed by atoms with Crippen LogP contribution in [0.5, 0.6) is 5.75 Å². The molecule has 40 heavy (non-hydrogen) atoms. The van der Waals surface area contributed by atoms with Crippen LogP contribution in [-0.2, 0) is 9.53 Å². The highest BCUT2D eigenvalue weighted by atomic mass is 35.5. The van der Waals surface area contributed by atoms with E-state index in [0.29, 0.717) is 37.1 Å². The number of ether oxygens (including phenoxy) is 2. The van der Waals surface area contributed by atoms with Gasteiger partial charge in [0.05, 0.1) is 46.1 Å². The lowest BCUT2D eigenvalue weighted by molar-refractivity contribution is -0.384. The first-order valence-corrected chi connectivity index (χ1v) is 13.3. The molecule has 2 aromatic carbocycles. The molecule has 0 fully saturated rings. The Morgan fingerprint density at radius 3 is 2.73 bits per heavy atom. The number of aromatic nitrogens is 1. The highest BCUT2D eigenvalue weighted by Crippen LogP contribution is 2.35. The molecule has 0 N–H and O–H groups in total. The van der Waals surface area contributed by atoms with Gasteiger partial charge >= 0.3 is 5.97 Å². The molecule has 10 nitrogen and oxygen atoms in total. The van der Waals surface area contributed by atoms with Gasteiger partial charge in [-0.25, -0.2) is 9.79 Å². The van der Waals surface area contributed by atoms with E-state index in [2.05, 4.69) is 4.99 Å². The lowest BCUT2D eigenvalue weighted by Gasteiger charge is -2.25. The number of hydrogen-bond donors (Lipinski definition) is 0. The van der Waals surface area contributed by atoms with Gasteiger partial charge in [0.25, 0.3) is 11.2 Å². The summed E-state index contributed by atoms with van der Waals surface area (Å²) in [5.74, 6) is 0.317. The first-order chi connectivity index (χ1) is 19.2. The number of benzene rings is 2. The highest BCUT2D eigenvalue weighted by Gasteiger charge is 2.34. The van der Waals surface area contributed by atoms with Crippen molar-refractivity contribution in [2.45, 2.75) is 19.9 Å². The predicted molar refractivity (Wildman–Crippen MR) is 149 cm³/mol. The van der Waals surface area contributed by atoms with E-state index in [1.165, 1.54) is 29.9 Å². The molecule has 0 amide bonds. The van der Waals surface area contributed by atoms with E-state index in [-0.39, 0.29) is 29.2 Å². The third kappa shape index (κ3) is 4.85. The van der Waals surface area contributed by atoms with E-state index in [1.807, 2.05) is 0 Å². The minimum absolute atomic E-state index is 0.155. The second kappa shape index (κ2) is 10.9. The van der Waals surface area contributed by atoms with Crippen LogP contribution < -0.4 is 19.6 Å². The Morgan fingerprint density at radius 1 is 1.25 bits per heavy atom. The molecule has 0 saturated heterocycles. The molecule has 0 aliphatic carbocycles. The minimum atomic E-state index is -0.847. The fraction of sp³-hybridized carbons (Fsp3) is 0.179. The van der Waals surface area contributed by atoms with Gasteiger partial charge in [0.2, 0.25) is 0 Å². The Balaban J connectivity index is 1.64. The number of fused-ring (bicyclic) bond motifs is 1. The molecule has 0 saturated carbocycles. The van der Waals surface area contributed by atoms with Crippen LogP contribution in [0.15, 0.2) is 80.1 Å². The van der Waals surface area contributed by atoms with Gasteiger partial charge in [0, 0.05) is 11.1 Å². The molecule has 0 spiro atoms. The lowest BCUT2D eigenvalue weighted by atomic mass is 9.96. The van der Waals surface area contributed by atoms with Crippen LogP contribution in [-0.4, -0.2) is 29.2 Å². The fourth-order valence-corrected chi connectivity index (χ4v) is 5.75.